The predicted octanol–water partition coefficient (Wildman–Crippen LogP) is 2.25. The maximum absolute atomic E-state index is 12.9. The number of amides is 1. The van der Waals surface area contributed by atoms with E-state index in [4.69, 9.17) is 10.5 Å². The normalized spacial score (nSPS) is 21.4. The summed E-state index contributed by atoms with van der Waals surface area (Å²) in [6.07, 6.45) is 0.737. The summed E-state index contributed by atoms with van der Waals surface area (Å²) in [7, 11) is 0. The second kappa shape index (κ2) is 7.21. The van der Waals surface area contributed by atoms with Crippen LogP contribution in [0.25, 0.3) is 0 Å². The quantitative estimate of drug-likeness (QED) is 0.933. The van der Waals surface area contributed by atoms with E-state index in [0.717, 1.165) is 10.6 Å². The lowest BCUT2D eigenvalue weighted by Crippen LogP contribution is -2.46. The largest absolute Gasteiger partial charge is 0.374 e. The van der Waals surface area contributed by atoms with Gasteiger partial charge in [0.15, 0.2) is 0 Å². The third-order valence-electron chi connectivity index (χ3n) is 3.94. The molecule has 1 saturated heterocycles. The van der Waals surface area contributed by atoms with Crippen LogP contribution >= 0.6 is 11.3 Å². The van der Waals surface area contributed by atoms with Crippen LogP contribution in [-0.4, -0.2) is 41.6 Å². The van der Waals surface area contributed by atoms with Crippen LogP contribution in [0.1, 0.15) is 34.0 Å². The van der Waals surface area contributed by atoms with E-state index in [-0.39, 0.29) is 18.1 Å². The minimum Gasteiger partial charge on any atom is -0.374 e. The molecule has 0 spiro atoms. The fraction of sp³-hybridized carbons (Fsp3) is 0.412. The molecule has 122 valence electrons. The summed E-state index contributed by atoms with van der Waals surface area (Å²) in [5, 5.41) is 2.74. The second-order valence-electron chi connectivity index (χ2n) is 5.69. The molecule has 0 saturated carbocycles. The molecular formula is C17H21N3O2S. The van der Waals surface area contributed by atoms with E-state index in [1.54, 1.807) is 0 Å². The SMILES string of the molecule is CC1CN(C(=O)c2csc(CCN)n2)C(c2ccccc2)CO1. The van der Waals surface area contributed by atoms with E-state index >= 15 is 0 Å². The Balaban J connectivity index is 1.84. The topological polar surface area (TPSA) is 68.5 Å². The number of rotatable bonds is 4. The summed E-state index contributed by atoms with van der Waals surface area (Å²) in [4.78, 5) is 19.2. The van der Waals surface area contributed by atoms with Crippen LogP contribution in [0.2, 0.25) is 0 Å². The molecule has 1 aromatic heterocycles. The van der Waals surface area contributed by atoms with Gasteiger partial charge in [-0.05, 0) is 19.0 Å². The zero-order valence-electron chi connectivity index (χ0n) is 13.1. The number of benzene rings is 1. The predicted molar refractivity (Wildman–Crippen MR) is 90.5 cm³/mol. The molecule has 2 N–H and O–H groups in total. The van der Waals surface area contributed by atoms with E-state index in [2.05, 4.69) is 4.98 Å². The van der Waals surface area contributed by atoms with Crippen molar-refractivity contribution in [1.29, 1.82) is 0 Å². The number of carbonyl (C=O) groups excluding carboxylic acids is 1. The number of nitrogens with two attached hydrogens (primary N) is 1. The highest BCUT2D eigenvalue weighted by atomic mass is 32.1. The van der Waals surface area contributed by atoms with Crippen molar-refractivity contribution in [1.82, 2.24) is 9.88 Å². The lowest BCUT2D eigenvalue weighted by Gasteiger charge is -2.38. The van der Waals surface area contributed by atoms with Gasteiger partial charge in [0, 0.05) is 18.3 Å². The van der Waals surface area contributed by atoms with Crippen LogP contribution < -0.4 is 5.73 Å². The molecule has 2 heterocycles. The van der Waals surface area contributed by atoms with Gasteiger partial charge in [-0.25, -0.2) is 4.98 Å². The van der Waals surface area contributed by atoms with Crippen molar-refractivity contribution in [3.63, 3.8) is 0 Å². The Morgan fingerprint density at radius 3 is 2.96 bits per heavy atom. The van der Waals surface area contributed by atoms with Gasteiger partial charge in [0.25, 0.3) is 5.91 Å². The number of hydrogen-bond donors (Lipinski definition) is 1. The molecule has 23 heavy (non-hydrogen) atoms. The van der Waals surface area contributed by atoms with Crippen molar-refractivity contribution in [3.05, 3.63) is 52.0 Å². The van der Waals surface area contributed by atoms with Crippen molar-refractivity contribution in [2.45, 2.75) is 25.5 Å². The van der Waals surface area contributed by atoms with Crippen molar-refractivity contribution in [3.8, 4) is 0 Å². The van der Waals surface area contributed by atoms with Crippen molar-refractivity contribution in [2.75, 3.05) is 19.7 Å². The smallest absolute Gasteiger partial charge is 0.274 e. The standard InChI is InChI=1S/C17H21N3O2S/c1-12-9-20(15(10-22-12)13-5-3-2-4-6-13)17(21)14-11-23-16(19-14)7-8-18/h2-6,11-12,15H,7-10,18H2,1H3. The van der Waals surface area contributed by atoms with Gasteiger partial charge in [0.05, 0.1) is 23.8 Å². The van der Waals surface area contributed by atoms with Gasteiger partial charge in [0.2, 0.25) is 0 Å². The van der Waals surface area contributed by atoms with Crippen molar-refractivity contribution >= 4 is 17.2 Å². The van der Waals surface area contributed by atoms with Gasteiger partial charge in [0.1, 0.15) is 5.69 Å². The van der Waals surface area contributed by atoms with Crippen LogP contribution in [0.15, 0.2) is 35.7 Å². The van der Waals surface area contributed by atoms with E-state index in [1.165, 1.54) is 11.3 Å². The zero-order valence-corrected chi connectivity index (χ0v) is 14.0. The molecule has 6 heteroatoms. The summed E-state index contributed by atoms with van der Waals surface area (Å²) in [5.41, 5.74) is 7.16. The fourth-order valence-corrected chi connectivity index (χ4v) is 3.56. The Hall–Kier alpha value is -1.76. The molecule has 1 fully saturated rings. The molecule has 1 aromatic carbocycles. The van der Waals surface area contributed by atoms with Gasteiger partial charge in [-0.2, -0.15) is 0 Å². The Labute approximate surface area is 140 Å². The van der Waals surface area contributed by atoms with Crippen LogP contribution in [0.4, 0.5) is 0 Å². The van der Waals surface area contributed by atoms with Gasteiger partial charge in [-0.1, -0.05) is 30.3 Å². The fourth-order valence-electron chi connectivity index (χ4n) is 2.77. The molecule has 0 aliphatic carbocycles. The molecule has 2 atom stereocenters. The van der Waals surface area contributed by atoms with Crippen molar-refractivity contribution in [2.24, 2.45) is 5.73 Å². The zero-order chi connectivity index (χ0) is 16.2. The number of morpholine rings is 1. The minimum absolute atomic E-state index is 0.0288. The van der Waals surface area contributed by atoms with E-state index in [1.807, 2.05) is 47.5 Å². The maximum Gasteiger partial charge on any atom is 0.274 e. The molecule has 2 unspecified atom stereocenters. The third kappa shape index (κ3) is 3.60. The number of aromatic nitrogens is 1. The summed E-state index contributed by atoms with van der Waals surface area (Å²) in [5.74, 6) is -0.0338. The Kier molecular flexibility index (Phi) is 5.05. The first kappa shape index (κ1) is 16.1. The third-order valence-corrected chi connectivity index (χ3v) is 4.85. The molecule has 3 rings (SSSR count). The molecule has 2 aromatic rings. The monoisotopic (exact) mass is 331 g/mol. The molecule has 0 bridgehead atoms. The maximum atomic E-state index is 12.9. The second-order valence-corrected chi connectivity index (χ2v) is 6.64. The lowest BCUT2D eigenvalue weighted by molar-refractivity contribution is -0.0449. The molecule has 0 radical (unpaired) electrons. The summed E-state index contributed by atoms with van der Waals surface area (Å²) < 4.78 is 5.78. The first-order valence-electron chi connectivity index (χ1n) is 7.81. The van der Waals surface area contributed by atoms with Gasteiger partial charge >= 0.3 is 0 Å². The van der Waals surface area contributed by atoms with E-state index in [0.29, 0.717) is 31.8 Å². The number of nitrogens with zero attached hydrogens (tertiary/aromatic N) is 2. The molecule has 1 aliphatic rings. The highest BCUT2D eigenvalue weighted by Crippen LogP contribution is 2.28. The number of thiazole rings is 1. The number of hydrogen-bond acceptors (Lipinski definition) is 5. The average molecular weight is 331 g/mol. The number of carbonyl (C=O) groups is 1. The lowest BCUT2D eigenvalue weighted by atomic mass is 10.0. The van der Waals surface area contributed by atoms with Crippen LogP contribution in [0, 0.1) is 0 Å². The van der Waals surface area contributed by atoms with E-state index in [9.17, 15) is 4.79 Å². The van der Waals surface area contributed by atoms with Gasteiger partial charge < -0.3 is 15.4 Å². The highest BCUT2D eigenvalue weighted by Gasteiger charge is 2.33. The average Bonchev–Trinajstić information content (AvgIpc) is 3.04. The Bertz CT molecular complexity index is 659. The molecule has 1 amide bonds. The van der Waals surface area contributed by atoms with E-state index < -0.39 is 0 Å². The summed E-state index contributed by atoms with van der Waals surface area (Å²) in [6.45, 7) is 3.61. The summed E-state index contributed by atoms with van der Waals surface area (Å²) >= 11 is 1.49. The van der Waals surface area contributed by atoms with Gasteiger partial charge in [-0.15, -0.1) is 11.3 Å². The van der Waals surface area contributed by atoms with Crippen LogP contribution in [0.3, 0.4) is 0 Å². The van der Waals surface area contributed by atoms with Crippen LogP contribution in [0.5, 0.6) is 0 Å². The first-order chi connectivity index (χ1) is 11.2. The number of ether oxygens (including phenoxy) is 1. The molecule has 5 nitrogen and oxygen atoms in total. The first-order valence-corrected chi connectivity index (χ1v) is 8.69. The summed E-state index contributed by atoms with van der Waals surface area (Å²) in [6, 6.07) is 9.94. The minimum atomic E-state index is -0.0699. The molecular weight excluding hydrogens is 310 g/mol. The van der Waals surface area contributed by atoms with Crippen LogP contribution in [-0.2, 0) is 11.2 Å². The Morgan fingerprint density at radius 1 is 1.43 bits per heavy atom. The van der Waals surface area contributed by atoms with Gasteiger partial charge in [-0.3, -0.25) is 4.79 Å². The Morgan fingerprint density at radius 2 is 2.22 bits per heavy atom. The molecule has 1 aliphatic heterocycles. The van der Waals surface area contributed by atoms with Crippen molar-refractivity contribution < 1.29 is 9.53 Å². The highest BCUT2D eigenvalue weighted by molar-refractivity contribution is 7.09.